The lowest BCUT2D eigenvalue weighted by atomic mass is 10.0. The van der Waals surface area contributed by atoms with Gasteiger partial charge in [-0.1, -0.05) is 28.1 Å². The molecule has 0 saturated heterocycles. The first-order chi connectivity index (χ1) is 8.69. The Kier molecular flexibility index (Phi) is 5.38. The van der Waals surface area contributed by atoms with Gasteiger partial charge in [0.25, 0.3) is 0 Å². The van der Waals surface area contributed by atoms with Crippen molar-refractivity contribution < 1.29 is 14.6 Å². The van der Waals surface area contributed by atoms with Gasteiger partial charge in [-0.3, -0.25) is 0 Å². The van der Waals surface area contributed by atoms with Crippen LogP contribution in [0.4, 0.5) is 4.79 Å². The van der Waals surface area contributed by atoms with Gasteiger partial charge < -0.3 is 15.2 Å². The second kappa shape index (κ2) is 6.39. The largest absolute Gasteiger partial charge is 0.444 e. The zero-order chi connectivity index (χ0) is 14.6. The molecule has 1 aromatic rings. The molecule has 0 fully saturated rings. The number of carbonyl (C=O) groups is 1. The third kappa shape index (κ3) is 5.61. The summed E-state index contributed by atoms with van der Waals surface area (Å²) in [5, 5.41) is 12.8. The van der Waals surface area contributed by atoms with E-state index in [0.29, 0.717) is 0 Å². The Morgan fingerprint density at radius 3 is 2.32 bits per heavy atom. The summed E-state index contributed by atoms with van der Waals surface area (Å²) in [5.74, 6) is 0. The number of aliphatic hydroxyl groups excluding tert-OH is 1. The van der Waals surface area contributed by atoms with E-state index in [9.17, 15) is 9.90 Å². The first-order valence-electron chi connectivity index (χ1n) is 6.12. The van der Waals surface area contributed by atoms with Crippen molar-refractivity contribution in [3.8, 4) is 0 Å². The number of aliphatic hydroxyl groups is 1. The van der Waals surface area contributed by atoms with E-state index in [4.69, 9.17) is 4.74 Å². The number of hydrogen-bond donors (Lipinski definition) is 2. The molecule has 1 amide bonds. The molecule has 106 valence electrons. The highest BCUT2D eigenvalue weighted by Crippen LogP contribution is 2.19. The van der Waals surface area contributed by atoms with Crippen molar-refractivity contribution in [1.29, 1.82) is 0 Å². The average molecular weight is 330 g/mol. The summed E-state index contributed by atoms with van der Waals surface area (Å²) in [5.41, 5.74) is 0.193. The molecule has 4 nitrogen and oxygen atoms in total. The number of alkyl carbamates (subject to hydrolysis) is 1. The van der Waals surface area contributed by atoms with Crippen LogP contribution in [0.1, 0.15) is 39.4 Å². The molecule has 0 aliphatic carbocycles. The predicted molar refractivity (Wildman–Crippen MR) is 77.9 cm³/mol. The van der Waals surface area contributed by atoms with E-state index in [-0.39, 0.29) is 0 Å². The zero-order valence-corrected chi connectivity index (χ0v) is 13.2. The Bertz CT molecular complexity index is 425. The Morgan fingerprint density at radius 1 is 1.32 bits per heavy atom. The van der Waals surface area contributed by atoms with Crippen LogP contribution in [0.15, 0.2) is 28.7 Å². The summed E-state index contributed by atoms with van der Waals surface area (Å²) in [4.78, 5) is 11.6. The summed E-state index contributed by atoms with van der Waals surface area (Å²) in [6.45, 7) is 7.11. The Balaban J connectivity index is 2.60. The second-order valence-electron chi connectivity index (χ2n) is 5.43. The molecule has 5 heteroatoms. The summed E-state index contributed by atoms with van der Waals surface area (Å²) in [6, 6.07) is 6.87. The summed E-state index contributed by atoms with van der Waals surface area (Å²) in [7, 11) is 0. The number of amides is 1. The molecule has 0 aromatic heterocycles. The fraction of sp³-hybridized carbons (Fsp3) is 0.500. The molecular weight excluding hydrogens is 310 g/mol. The van der Waals surface area contributed by atoms with E-state index >= 15 is 0 Å². The van der Waals surface area contributed by atoms with Crippen molar-refractivity contribution >= 4 is 22.0 Å². The predicted octanol–water partition coefficient (Wildman–Crippen LogP) is 3.40. The standard InChI is InChI=1S/C14H20BrNO3/c1-9(16-13(18)19-14(2,3)4)12(17)10-5-7-11(15)8-6-10/h5-9,12,17H,1-4H3,(H,16,18)/t9-,12-/m0/s1. The average Bonchev–Trinajstić information content (AvgIpc) is 2.26. The maximum atomic E-state index is 11.6. The van der Waals surface area contributed by atoms with Crippen molar-refractivity contribution in [2.24, 2.45) is 0 Å². The van der Waals surface area contributed by atoms with Gasteiger partial charge in [-0.25, -0.2) is 4.79 Å². The molecule has 2 atom stereocenters. The molecule has 0 saturated carbocycles. The number of nitrogens with one attached hydrogen (secondary N) is 1. The van der Waals surface area contributed by atoms with E-state index < -0.39 is 23.8 Å². The smallest absolute Gasteiger partial charge is 0.407 e. The van der Waals surface area contributed by atoms with Gasteiger partial charge in [0.05, 0.1) is 12.1 Å². The third-order valence-corrected chi connectivity index (χ3v) is 2.96. The number of carbonyl (C=O) groups excluding carboxylic acids is 1. The summed E-state index contributed by atoms with van der Waals surface area (Å²) in [6.07, 6.45) is -1.31. The van der Waals surface area contributed by atoms with Crippen molar-refractivity contribution in [2.75, 3.05) is 0 Å². The van der Waals surface area contributed by atoms with Crippen molar-refractivity contribution in [1.82, 2.24) is 5.32 Å². The van der Waals surface area contributed by atoms with Crippen LogP contribution in [0, 0.1) is 0 Å². The van der Waals surface area contributed by atoms with Crippen LogP contribution in [-0.4, -0.2) is 22.8 Å². The van der Waals surface area contributed by atoms with Crippen molar-refractivity contribution in [3.05, 3.63) is 34.3 Å². The first-order valence-corrected chi connectivity index (χ1v) is 6.91. The molecule has 19 heavy (non-hydrogen) atoms. The maximum Gasteiger partial charge on any atom is 0.407 e. The Hall–Kier alpha value is -1.07. The normalized spacial score (nSPS) is 14.6. The van der Waals surface area contributed by atoms with E-state index in [1.165, 1.54) is 0 Å². The quantitative estimate of drug-likeness (QED) is 0.893. The molecular formula is C14H20BrNO3. The van der Waals surface area contributed by atoms with Gasteiger partial charge in [-0.2, -0.15) is 0 Å². The van der Waals surface area contributed by atoms with Gasteiger partial charge >= 0.3 is 6.09 Å². The van der Waals surface area contributed by atoms with E-state index in [0.717, 1.165) is 10.0 Å². The SMILES string of the molecule is C[C@H](NC(=O)OC(C)(C)C)[C@H](O)c1ccc(Br)cc1. The molecule has 0 aliphatic heterocycles. The minimum atomic E-state index is -0.777. The van der Waals surface area contributed by atoms with E-state index in [1.54, 1.807) is 27.7 Å². The highest BCUT2D eigenvalue weighted by molar-refractivity contribution is 9.10. The lowest BCUT2D eigenvalue weighted by Crippen LogP contribution is -2.40. The lowest BCUT2D eigenvalue weighted by Gasteiger charge is -2.24. The monoisotopic (exact) mass is 329 g/mol. The highest BCUT2D eigenvalue weighted by atomic mass is 79.9. The van der Waals surface area contributed by atoms with Gasteiger partial charge in [-0.15, -0.1) is 0 Å². The van der Waals surface area contributed by atoms with Crippen molar-refractivity contribution in [2.45, 2.75) is 45.4 Å². The summed E-state index contributed by atoms with van der Waals surface area (Å²) < 4.78 is 6.09. The minimum absolute atomic E-state index is 0.434. The van der Waals surface area contributed by atoms with Gasteiger partial charge in [-0.05, 0) is 45.4 Å². The van der Waals surface area contributed by atoms with Gasteiger partial charge in [0.15, 0.2) is 0 Å². The fourth-order valence-electron chi connectivity index (χ4n) is 1.52. The highest BCUT2D eigenvalue weighted by Gasteiger charge is 2.22. The van der Waals surface area contributed by atoms with Crippen LogP contribution in [0.3, 0.4) is 0 Å². The number of halogens is 1. The number of hydrogen-bond acceptors (Lipinski definition) is 3. The van der Waals surface area contributed by atoms with Crippen LogP contribution in [0.2, 0.25) is 0 Å². The van der Waals surface area contributed by atoms with Crippen LogP contribution in [0.5, 0.6) is 0 Å². The summed E-state index contributed by atoms with van der Waals surface area (Å²) >= 11 is 3.33. The van der Waals surface area contributed by atoms with Gasteiger partial charge in [0, 0.05) is 4.47 Å². The molecule has 0 spiro atoms. The van der Waals surface area contributed by atoms with E-state index in [1.807, 2.05) is 24.3 Å². The molecule has 0 heterocycles. The van der Waals surface area contributed by atoms with Gasteiger partial charge in [0.2, 0.25) is 0 Å². The number of rotatable bonds is 3. The molecule has 0 unspecified atom stereocenters. The molecule has 2 N–H and O–H groups in total. The first kappa shape index (κ1) is 16.0. The zero-order valence-electron chi connectivity index (χ0n) is 11.6. The van der Waals surface area contributed by atoms with Crippen LogP contribution in [-0.2, 0) is 4.74 Å². The molecule has 0 radical (unpaired) electrons. The second-order valence-corrected chi connectivity index (χ2v) is 6.35. The fourth-order valence-corrected chi connectivity index (χ4v) is 1.79. The lowest BCUT2D eigenvalue weighted by molar-refractivity contribution is 0.0436. The van der Waals surface area contributed by atoms with Crippen molar-refractivity contribution in [3.63, 3.8) is 0 Å². The van der Waals surface area contributed by atoms with Crippen LogP contribution < -0.4 is 5.32 Å². The minimum Gasteiger partial charge on any atom is -0.444 e. The Morgan fingerprint density at radius 2 is 1.84 bits per heavy atom. The van der Waals surface area contributed by atoms with Gasteiger partial charge in [0.1, 0.15) is 5.60 Å². The number of benzene rings is 1. The molecule has 0 aliphatic rings. The van der Waals surface area contributed by atoms with Crippen LogP contribution in [0.25, 0.3) is 0 Å². The van der Waals surface area contributed by atoms with E-state index in [2.05, 4.69) is 21.2 Å². The molecule has 1 aromatic carbocycles. The Labute approximate surface area is 122 Å². The maximum absolute atomic E-state index is 11.6. The van der Waals surface area contributed by atoms with Crippen LogP contribution >= 0.6 is 15.9 Å². The third-order valence-electron chi connectivity index (χ3n) is 2.43. The topological polar surface area (TPSA) is 58.6 Å². The number of ether oxygens (including phenoxy) is 1. The molecule has 0 bridgehead atoms. The molecule has 1 rings (SSSR count).